The molecule has 108 valence electrons. The lowest BCUT2D eigenvalue weighted by Crippen LogP contribution is -2.34. The van der Waals surface area contributed by atoms with E-state index in [2.05, 4.69) is 18.7 Å². The summed E-state index contributed by atoms with van der Waals surface area (Å²) in [4.78, 5) is 24.4. The van der Waals surface area contributed by atoms with Crippen LogP contribution in [0.2, 0.25) is 0 Å². The lowest BCUT2D eigenvalue weighted by Gasteiger charge is -2.30. The fraction of sp³-hybridized carbons (Fsp3) is 0.533. The minimum Gasteiger partial charge on any atom is -0.366 e. The highest BCUT2D eigenvalue weighted by molar-refractivity contribution is 5.98. The summed E-state index contributed by atoms with van der Waals surface area (Å²) in [5.41, 5.74) is 0.932. The van der Waals surface area contributed by atoms with Gasteiger partial charge in [-0.15, -0.1) is 0 Å². The molecular weight excluding hydrogens is 256 g/mol. The molecule has 1 aromatic carbocycles. The first-order chi connectivity index (χ1) is 9.45. The van der Waals surface area contributed by atoms with Crippen molar-refractivity contribution in [2.45, 2.75) is 52.1 Å². The van der Waals surface area contributed by atoms with Crippen LogP contribution in [0.4, 0.5) is 11.4 Å². The molecule has 0 saturated carbocycles. The number of hydrogen-bond acceptors (Lipinski definition) is 4. The van der Waals surface area contributed by atoms with E-state index in [0.717, 1.165) is 24.9 Å². The predicted molar refractivity (Wildman–Crippen MR) is 78.4 cm³/mol. The van der Waals surface area contributed by atoms with Gasteiger partial charge in [0.05, 0.1) is 10.5 Å². The van der Waals surface area contributed by atoms with Crippen LogP contribution in [0.3, 0.4) is 0 Å². The maximum Gasteiger partial charge on any atom is 0.282 e. The molecule has 0 aliphatic carbocycles. The number of hydrogen-bond donors (Lipinski definition) is 0. The van der Waals surface area contributed by atoms with Crippen molar-refractivity contribution >= 4 is 17.2 Å². The van der Waals surface area contributed by atoms with Crippen LogP contribution in [0.1, 0.15) is 50.4 Å². The van der Waals surface area contributed by atoms with Crippen molar-refractivity contribution in [1.29, 1.82) is 0 Å². The number of nitrogens with zero attached hydrogens (tertiary/aromatic N) is 2. The van der Waals surface area contributed by atoms with Gasteiger partial charge in [-0.2, -0.15) is 0 Å². The Balaban J connectivity index is 2.45. The molecular formula is C15H20N2O3. The predicted octanol–water partition coefficient (Wildman–Crippen LogP) is 3.56. The molecule has 0 amide bonds. The van der Waals surface area contributed by atoms with Crippen LogP contribution in [0.5, 0.6) is 0 Å². The molecule has 5 heteroatoms. The van der Waals surface area contributed by atoms with Gasteiger partial charge in [0, 0.05) is 23.8 Å². The summed E-state index contributed by atoms with van der Waals surface area (Å²) >= 11 is 0. The van der Waals surface area contributed by atoms with Crippen LogP contribution in [-0.4, -0.2) is 22.8 Å². The molecule has 1 fully saturated rings. The van der Waals surface area contributed by atoms with Crippen LogP contribution >= 0.6 is 0 Å². The molecule has 2 unspecified atom stereocenters. The standard InChI is InChI=1S/C15H20N2O3/c1-4-12-6-5-10(2)16(12)13-7-8-14(11(3)18)15(9-13)17(19)20/h7-10,12H,4-6H2,1-3H3. The average Bonchev–Trinajstić information content (AvgIpc) is 2.78. The number of anilines is 1. The summed E-state index contributed by atoms with van der Waals surface area (Å²) in [7, 11) is 0. The summed E-state index contributed by atoms with van der Waals surface area (Å²) < 4.78 is 0. The van der Waals surface area contributed by atoms with Gasteiger partial charge in [0.15, 0.2) is 5.78 Å². The lowest BCUT2D eigenvalue weighted by molar-refractivity contribution is -0.385. The third kappa shape index (κ3) is 2.53. The monoisotopic (exact) mass is 276 g/mol. The summed E-state index contributed by atoms with van der Waals surface area (Å²) in [6, 6.07) is 5.75. The number of carbonyl (C=O) groups excluding carboxylic acids is 1. The molecule has 0 radical (unpaired) electrons. The van der Waals surface area contributed by atoms with E-state index in [4.69, 9.17) is 0 Å². The van der Waals surface area contributed by atoms with Crippen molar-refractivity contribution in [2.24, 2.45) is 0 Å². The molecule has 5 nitrogen and oxygen atoms in total. The number of nitro benzene ring substituents is 1. The van der Waals surface area contributed by atoms with Crippen molar-refractivity contribution in [3.8, 4) is 0 Å². The first-order valence-corrected chi connectivity index (χ1v) is 7.03. The van der Waals surface area contributed by atoms with Gasteiger partial charge in [0.2, 0.25) is 0 Å². The van der Waals surface area contributed by atoms with Crippen LogP contribution in [0, 0.1) is 10.1 Å². The average molecular weight is 276 g/mol. The van der Waals surface area contributed by atoms with Gasteiger partial charge in [0.1, 0.15) is 0 Å². The second-order valence-electron chi connectivity index (χ2n) is 5.41. The number of ketones is 1. The maximum absolute atomic E-state index is 11.5. The molecule has 1 aromatic rings. The summed E-state index contributed by atoms with van der Waals surface area (Å²) in [6.07, 6.45) is 3.23. The number of nitro groups is 1. The van der Waals surface area contributed by atoms with E-state index in [1.165, 1.54) is 6.92 Å². The lowest BCUT2D eigenvalue weighted by atomic mass is 10.1. The molecule has 0 bridgehead atoms. The first-order valence-electron chi connectivity index (χ1n) is 7.03. The smallest absolute Gasteiger partial charge is 0.282 e. The van der Waals surface area contributed by atoms with Crippen LogP contribution in [-0.2, 0) is 0 Å². The second kappa shape index (κ2) is 5.61. The SMILES string of the molecule is CCC1CCC(C)N1c1ccc(C(C)=O)c([N+](=O)[O-])c1. The Kier molecular flexibility index (Phi) is 4.06. The second-order valence-corrected chi connectivity index (χ2v) is 5.41. The number of benzene rings is 1. The highest BCUT2D eigenvalue weighted by Crippen LogP contribution is 2.34. The van der Waals surface area contributed by atoms with E-state index >= 15 is 0 Å². The summed E-state index contributed by atoms with van der Waals surface area (Å²) in [5.74, 6) is -0.273. The van der Waals surface area contributed by atoms with Crippen molar-refractivity contribution in [3.05, 3.63) is 33.9 Å². The zero-order chi connectivity index (χ0) is 14.9. The third-order valence-electron chi connectivity index (χ3n) is 4.11. The van der Waals surface area contributed by atoms with Gasteiger partial charge in [-0.3, -0.25) is 14.9 Å². The molecule has 0 aromatic heterocycles. The van der Waals surface area contributed by atoms with Crippen molar-refractivity contribution in [1.82, 2.24) is 0 Å². The van der Waals surface area contributed by atoms with Gasteiger partial charge >= 0.3 is 0 Å². The van der Waals surface area contributed by atoms with Crippen LogP contribution < -0.4 is 4.90 Å². The molecule has 2 atom stereocenters. The molecule has 0 N–H and O–H groups in total. The molecule has 0 spiro atoms. The molecule has 1 aliphatic heterocycles. The van der Waals surface area contributed by atoms with E-state index in [1.807, 2.05) is 6.07 Å². The normalized spacial score (nSPS) is 22.1. The Labute approximate surface area is 118 Å². The molecule has 1 heterocycles. The number of carbonyl (C=O) groups is 1. The summed E-state index contributed by atoms with van der Waals surface area (Å²) in [5, 5.41) is 11.2. The van der Waals surface area contributed by atoms with E-state index in [9.17, 15) is 14.9 Å². The minimum atomic E-state index is -0.470. The van der Waals surface area contributed by atoms with Gasteiger partial charge < -0.3 is 4.90 Å². The molecule has 2 rings (SSSR count). The van der Waals surface area contributed by atoms with Crippen LogP contribution in [0.15, 0.2) is 18.2 Å². The van der Waals surface area contributed by atoms with Gasteiger partial charge in [-0.1, -0.05) is 6.92 Å². The van der Waals surface area contributed by atoms with Gasteiger partial charge in [0.25, 0.3) is 5.69 Å². The van der Waals surface area contributed by atoms with E-state index in [1.54, 1.807) is 12.1 Å². The van der Waals surface area contributed by atoms with E-state index in [0.29, 0.717) is 12.1 Å². The van der Waals surface area contributed by atoms with E-state index < -0.39 is 4.92 Å². The fourth-order valence-electron chi connectivity index (χ4n) is 3.07. The van der Waals surface area contributed by atoms with Crippen molar-refractivity contribution in [2.75, 3.05) is 4.90 Å². The van der Waals surface area contributed by atoms with Crippen molar-refractivity contribution in [3.63, 3.8) is 0 Å². The Morgan fingerprint density at radius 2 is 2.15 bits per heavy atom. The molecule has 20 heavy (non-hydrogen) atoms. The van der Waals surface area contributed by atoms with E-state index in [-0.39, 0.29) is 17.0 Å². The Morgan fingerprint density at radius 1 is 1.45 bits per heavy atom. The van der Waals surface area contributed by atoms with Gasteiger partial charge in [-0.25, -0.2) is 0 Å². The van der Waals surface area contributed by atoms with Crippen LogP contribution in [0.25, 0.3) is 0 Å². The number of rotatable bonds is 4. The zero-order valence-corrected chi connectivity index (χ0v) is 12.1. The third-order valence-corrected chi connectivity index (χ3v) is 4.11. The molecule has 1 aliphatic rings. The van der Waals surface area contributed by atoms with Gasteiger partial charge in [-0.05, 0) is 45.2 Å². The quantitative estimate of drug-likeness (QED) is 0.479. The first kappa shape index (κ1) is 14.5. The Bertz CT molecular complexity index is 542. The topological polar surface area (TPSA) is 63.5 Å². The zero-order valence-electron chi connectivity index (χ0n) is 12.1. The Hall–Kier alpha value is -1.91. The highest BCUT2D eigenvalue weighted by atomic mass is 16.6. The summed E-state index contributed by atoms with van der Waals surface area (Å²) in [6.45, 7) is 5.63. The largest absolute Gasteiger partial charge is 0.366 e. The highest BCUT2D eigenvalue weighted by Gasteiger charge is 2.31. The van der Waals surface area contributed by atoms with Crippen molar-refractivity contribution < 1.29 is 9.72 Å². The fourth-order valence-corrected chi connectivity index (χ4v) is 3.07. The molecule has 1 saturated heterocycles. The Morgan fingerprint density at radius 3 is 2.70 bits per heavy atom. The number of Topliss-reactive ketones (excluding diaryl/α,β-unsaturated/α-hetero) is 1. The minimum absolute atomic E-state index is 0.0936. The maximum atomic E-state index is 11.5.